The molecule has 0 bridgehead atoms. The van der Waals surface area contributed by atoms with Crippen LogP contribution in [0.15, 0.2) is 42.5 Å². The minimum Gasteiger partial charge on any atom is -0.331 e. The average Bonchev–Trinajstić information content (AvgIpc) is 2.41. The van der Waals surface area contributed by atoms with E-state index in [1.807, 2.05) is 24.3 Å². The van der Waals surface area contributed by atoms with Crippen molar-refractivity contribution in [1.29, 1.82) is 0 Å². The van der Waals surface area contributed by atoms with Crippen molar-refractivity contribution in [3.63, 3.8) is 0 Å². The number of aromatic amines is 1. The van der Waals surface area contributed by atoms with Crippen LogP contribution in [0.25, 0.3) is 16.6 Å². The molecule has 1 heterocycles. The van der Waals surface area contributed by atoms with E-state index in [9.17, 15) is 0 Å². The number of halogens is 2. The third kappa shape index (κ3) is 2.29. The minimum atomic E-state index is 0.498. The highest BCUT2D eigenvalue weighted by Gasteiger charge is 2.08. The Morgan fingerprint density at radius 1 is 1.00 bits per heavy atom. The van der Waals surface area contributed by atoms with Crippen molar-refractivity contribution >= 4 is 58.5 Å². The highest BCUT2D eigenvalue weighted by molar-refractivity contribution is 7.72. The van der Waals surface area contributed by atoms with Crippen LogP contribution in [0.3, 0.4) is 0 Å². The van der Waals surface area contributed by atoms with Crippen LogP contribution in [-0.2, 0) is 0 Å². The quantitative estimate of drug-likeness (QED) is 0.572. The standard InChI is InChI=1S/C14H8Cl2N2S2/c15-8-5-6-12(10(16)7-8)18-13(19)9-3-1-2-4-11(9)17-14(18)20/h1-7H,(H,17,20). The molecule has 1 aromatic heterocycles. The molecule has 0 radical (unpaired) electrons. The molecule has 0 aliphatic rings. The van der Waals surface area contributed by atoms with Crippen molar-refractivity contribution in [2.24, 2.45) is 0 Å². The Bertz CT molecular complexity index is 928. The van der Waals surface area contributed by atoms with Crippen molar-refractivity contribution in [2.45, 2.75) is 0 Å². The fourth-order valence-corrected chi connectivity index (χ4v) is 3.26. The lowest BCUT2D eigenvalue weighted by molar-refractivity contribution is 0.967. The van der Waals surface area contributed by atoms with Gasteiger partial charge in [0.15, 0.2) is 4.77 Å². The van der Waals surface area contributed by atoms with Crippen LogP contribution in [0.2, 0.25) is 10.0 Å². The van der Waals surface area contributed by atoms with E-state index < -0.39 is 0 Å². The molecule has 1 N–H and O–H groups in total. The Morgan fingerprint density at radius 2 is 1.75 bits per heavy atom. The Morgan fingerprint density at radius 3 is 2.50 bits per heavy atom. The predicted octanol–water partition coefficient (Wildman–Crippen LogP) is 5.72. The lowest BCUT2D eigenvalue weighted by Gasteiger charge is -2.11. The zero-order chi connectivity index (χ0) is 14.3. The monoisotopic (exact) mass is 338 g/mol. The minimum absolute atomic E-state index is 0.498. The van der Waals surface area contributed by atoms with Gasteiger partial charge in [-0.25, -0.2) is 0 Å². The number of H-pyrrole nitrogens is 1. The van der Waals surface area contributed by atoms with Crippen molar-refractivity contribution in [3.05, 3.63) is 61.9 Å². The first kappa shape index (κ1) is 13.8. The molecule has 0 atom stereocenters. The molecule has 100 valence electrons. The molecule has 2 nitrogen and oxygen atoms in total. The van der Waals surface area contributed by atoms with E-state index in [1.54, 1.807) is 22.8 Å². The summed E-state index contributed by atoms with van der Waals surface area (Å²) in [6.07, 6.45) is 0. The maximum absolute atomic E-state index is 6.25. The summed E-state index contributed by atoms with van der Waals surface area (Å²) >= 11 is 23.1. The molecule has 0 fully saturated rings. The predicted molar refractivity (Wildman–Crippen MR) is 89.3 cm³/mol. The zero-order valence-electron chi connectivity index (χ0n) is 10.1. The van der Waals surface area contributed by atoms with Gasteiger partial charge in [0.25, 0.3) is 0 Å². The summed E-state index contributed by atoms with van der Waals surface area (Å²) in [4.78, 5) is 3.16. The second kappa shape index (κ2) is 5.30. The molecule has 20 heavy (non-hydrogen) atoms. The van der Waals surface area contributed by atoms with E-state index in [4.69, 9.17) is 47.6 Å². The van der Waals surface area contributed by atoms with Crippen molar-refractivity contribution in [1.82, 2.24) is 9.55 Å². The van der Waals surface area contributed by atoms with Gasteiger partial charge >= 0.3 is 0 Å². The van der Waals surface area contributed by atoms with Crippen molar-refractivity contribution in [3.8, 4) is 5.69 Å². The zero-order valence-corrected chi connectivity index (χ0v) is 13.2. The van der Waals surface area contributed by atoms with E-state index in [2.05, 4.69) is 4.98 Å². The number of nitrogens with zero attached hydrogens (tertiary/aromatic N) is 1. The third-order valence-electron chi connectivity index (χ3n) is 2.96. The molecule has 0 saturated carbocycles. The largest absolute Gasteiger partial charge is 0.331 e. The number of benzene rings is 2. The summed E-state index contributed by atoms with van der Waals surface area (Å²) in [7, 11) is 0. The Hall–Kier alpha value is -1.20. The molecule has 2 aromatic carbocycles. The van der Waals surface area contributed by atoms with Crippen LogP contribution in [0, 0.1) is 9.41 Å². The molecular formula is C14H8Cl2N2S2. The summed E-state index contributed by atoms with van der Waals surface area (Å²) in [6.45, 7) is 0. The maximum Gasteiger partial charge on any atom is 0.183 e. The first-order valence-electron chi connectivity index (χ1n) is 5.77. The number of para-hydroxylation sites is 1. The maximum atomic E-state index is 6.25. The number of aromatic nitrogens is 2. The number of rotatable bonds is 1. The Kier molecular flexibility index (Phi) is 3.65. The van der Waals surface area contributed by atoms with Crippen LogP contribution < -0.4 is 0 Å². The number of fused-ring (bicyclic) bond motifs is 1. The van der Waals surface area contributed by atoms with Crippen LogP contribution in [-0.4, -0.2) is 9.55 Å². The summed E-state index contributed by atoms with van der Waals surface area (Å²) in [5.74, 6) is 0. The molecular weight excluding hydrogens is 331 g/mol. The molecule has 0 unspecified atom stereocenters. The van der Waals surface area contributed by atoms with Gasteiger partial charge in [0.2, 0.25) is 0 Å². The van der Waals surface area contributed by atoms with Crippen LogP contribution in [0.5, 0.6) is 0 Å². The first-order chi connectivity index (χ1) is 9.58. The van der Waals surface area contributed by atoms with Gasteiger partial charge in [-0.15, -0.1) is 0 Å². The van der Waals surface area contributed by atoms with Gasteiger partial charge in [0, 0.05) is 10.4 Å². The molecule has 0 spiro atoms. The summed E-state index contributed by atoms with van der Waals surface area (Å²) in [5, 5.41) is 1.99. The van der Waals surface area contributed by atoms with Gasteiger partial charge in [-0.05, 0) is 42.5 Å². The molecule has 0 saturated heterocycles. The van der Waals surface area contributed by atoms with Gasteiger partial charge in [0.1, 0.15) is 4.64 Å². The summed E-state index contributed by atoms with van der Waals surface area (Å²) in [6, 6.07) is 13.0. The highest BCUT2D eigenvalue weighted by Crippen LogP contribution is 2.26. The normalized spacial score (nSPS) is 10.9. The van der Waals surface area contributed by atoms with Crippen LogP contribution in [0.1, 0.15) is 0 Å². The Balaban J connectivity index is 2.43. The fraction of sp³-hybridized carbons (Fsp3) is 0. The molecule has 6 heteroatoms. The molecule has 3 aromatic rings. The van der Waals surface area contributed by atoms with Gasteiger partial charge in [-0.3, -0.25) is 4.57 Å². The lowest BCUT2D eigenvalue weighted by Crippen LogP contribution is -2.02. The van der Waals surface area contributed by atoms with Gasteiger partial charge in [-0.2, -0.15) is 0 Å². The van der Waals surface area contributed by atoms with Gasteiger partial charge < -0.3 is 4.98 Å². The molecule has 3 rings (SSSR count). The van der Waals surface area contributed by atoms with Crippen LogP contribution >= 0.6 is 47.6 Å². The van der Waals surface area contributed by atoms with Gasteiger partial charge in [0.05, 0.1) is 16.2 Å². The third-order valence-corrected chi connectivity index (χ3v) is 4.18. The van der Waals surface area contributed by atoms with E-state index in [0.29, 0.717) is 25.1 Å². The molecule has 0 aliphatic carbocycles. The number of hydrogen-bond donors (Lipinski definition) is 1. The second-order valence-corrected chi connectivity index (χ2v) is 5.83. The van der Waals surface area contributed by atoms with Crippen LogP contribution in [0.4, 0.5) is 0 Å². The second-order valence-electron chi connectivity index (χ2n) is 4.21. The fourth-order valence-electron chi connectivity index (χ4n) is 2.04. The number of hydrogen-bond acceptors (Lipinski definition) is 2. The van der Waals surface area contributed by atoms with E-state index in [-0.39, 0.29) is 0 Å². The van der Waals surface area contributed by atoms with E-state index >= 15 is 0 Å². The Labute approximate surface area is 135 Å². The van der Waals surface area contributed by atoms with E-state index in [1.165, 1.54) is 0 Å². The van der Waals surface area contributed by atoms with Gasteiger partial charge in [-0.1, -0.05) is 47.6 Å². The topological polar surface area (TPSA) is 20.7 Å². The summed E-state index contributed by atoms with van der Waals surface area (Å²) in [5.41, 5.74) is 1.62. The average molecular weight is 339 g/mol. The SMILES string of the molecule is S=c1[nH]c2ccccc2c(=S)n1-c1ccc(Cl)cc1Cl. The van der Waals surface area contributed by atoms with Crippen molar-refractivity contribution in [2.75, 3.05) is 0 Å². The summed E-state index contributed by atoms with van der Waals surface area (Å²) < 4.78 is 2.86. The van der Waals surface area contributed by atoms with E-state index in [0.717, 1.165) is 10.9 Å². The first-order valence-corrected chi connectivity index (χ1v) is 7.34. The molecule has 0 aliphatic heterocycles. The highest BCUT2D eigenvalue weighted by atomic mass is 35.5. The number of nitrogens with one attached hydrogen (secondary N) is 1. The van der Waals surface area contributed by atoms with Crippen molar-refractivity contribution < 1.29 is 0 Å². The lowest BCUT2D eigenvalue weighted by atomic mass is 10.2. The molecule has 0 amide bonds. The smallest absolute Gasteiger partial charge is 0.183 e.